The zero-order chi connectivity index (χ0) is 22.3. The molecule has 1 N–H and O–H groups in total. The number of halogens is 1. The summed E-state index contributed by atoms with van der Waals surface area (Å²) >= 11 is 1.25. The predicted octanol–water partition coefficient (Wildman–Crippen LogP) is 5.03. The molecular weight excluding hydrogens is 425 g/mol. The molecule has 2 amide bonds. The van der Waals surface area contributed by atoms with Crippen LogP contribution in [-0.4, -0.2) is 33.7 Å². The number of para-hydroxylation sites is 1. The molecule has 7 heteroatoms. The van der Waals surface area contributed by atoms with Gasteiger partial charge in [0.25, 0.3) is 0 Å². The van der Waals surface area contributed by atoms with E-state index in [1.54, 1.807) is 29.2 Å². The second-order valence-corrected chi connectivity index (χ2v) is 8.49. The molecule has 1 heterocycles. The lowest BCUT2D eigenvalue weighted by atomic mass is 10.1. The maximum atomic E-state index is 13.3. The van der Waals surface area contributed by atoms with Crippen molar-refractivity contribution in [2.75, 3.05) is 11.9 Å². The Hall–Kier alpha value is -3.45. The van der Waals surface area contributed by atoms with Crippen LogP contribution in [0.3, 0.4) is 0 Å². The van der Waals surface area contributed by atoms with Crippen molar-refractivity contribution in [1.29, 1.82) is 0 Å². The van der Waals surface area contributed by atoms with Crippen molar-refractivity contribution in [3.05, 3.63) is 96.3 Å². The molecule has 3 aromatic rings. The minimum Gasteiger partial charge on any atom is -0.325 e. The summed E-state index contributed by atoms with van der Waals surface area (Å²) in [7, 11) is 0. The molecule has 1 atom stereocenters. The molecule has 0 saturated carbocycles. The van der Waals surface area contributed by atoms with Crippen molar-refractivity contribution in [3.63, 3.8) is 0 Å². The van der Waals surface area contributed by atoms with Gasteiger partial charge in [-0.25, -0.2) is 9.38 Å². The Balaban J connectivity index is 1.55. The predicted molar refractivity (Wildman–Crippen MR) is 126 cm³/mol. The molecule has 5 nitrogen and oxygen atoms in total. The Morgan fingerprint density at radius 3 is 2.34 bits per heavy atom. The molecular formula is C25H22FN3O2S. The van der Waals surface area contributed by atoms with E-state index in [1.807, 2.05) is 48.5 Å². The number of anilines is 1. The molecule has 3 aromatic carbocycles. The Morgan fingerprint density at radius 1 is 1.00 bits per heavy atom. The Labute approximate surface area is 190 Å². The molecule has 0 radical (unpaired) electrons. The largest absolute Gasteiger partial charge is 0.325 e. The minimum atomic E-state index is -0.602. The van der Waals surface area contributed by atoms with Gasteiger partial charge in [0.15, 0.2) is 5.17 Å². The van der Waals surface area contributed by atoms with Gasteiger partial charge in [0.05, 0.1) is 5.69 Å². The minimum absolute atomic E-state index is 0.0839. The molecule has 4 rings (SSSR count). The number of aliphatic imine (C=N–C) groups is 1. The van der Waals surface area contributed by atoms with E-state index in [-0.39, 0.29) is 24.1 Å². The molecule has 0 aromatic heterocycles. The van der Waals surface area contributed by atoms with Crippen LogP contribution in [0.4, 0.5) is 15.8 Å². The molecule has 1 aliphatic heterocycles. The Bertz CT molecular complexity index is 1110. The number of amides is 2. The van der Waals surface area contributed by atoms with E-state index < -0.39 is 5.25 Å². The summed E-state index contributed by atoms with van der Waals surface area (Å²) in [6, 6.07) is 24.8. The standard InChI is InChI=1S/C25H22FN3O2S/c26-19-11-13-21(14-12-19)28-25-29(16-15-18-7-3-1-4-8-18)23(30)17-22(32-25)24(31)27-20-9-5-2-6-10-20/h1-14,22H,15-17H2,(H,27,31)/t22-/m0/s1. The van der Waals surface area contributed by atoms with Crippen LogP contribution in [0, 0.1) is 5.82 Å². The fourth-order valence-electron chi connectivity index (χ4n) is 3.32. The number of rotatable bonds is 6. The summed E-state index contributed by atoms with van der Waals surface area (Å²) in [5, 5.41) is 2.70. The van der Waals surface area contributed by atoms with Crippen LogP contribution < -0.4 is 5.32 Å². The van der Waals surface area contributed by atoms with E-state index >= 15 is 0 Å². The number of nitrogens with one attached hydrogen (secondary N) is 1. The fraction of sp³-hybridized carbons (Fsp3) is 0.160. The summed E-state index contributed by atoms with van der Waals surface area (Å²) in [5.74, 6) is -0.764. The van der Waals surface area contributed by atoms with E-state index in [0.717, 1.165) is 5.56 Å². The first kappa shape index (κ1) is 21.8. The molecule has 32 heavy (non-hydrogen) atoms. The van der Waals surface area contributed by atoms with E-state index in [9.17, 15) is 14.0 Å². The molecule has 0 unspecified atom stereocenters. The van der Waals surface area contributed by atoms with Crippen molar-refractivity contribution in [2.45, 2.75) is 18.1 Å². The Morgan fingerprint density at radius 2 is 1.66 bits per heavy atom. The first-order chi connectivity index (χ1) is 15.6. The summed E-state index contributed by atoms with van der Waals surface area (Å²) in [4.78, 5) is 32.1. The van der Waals surface area contributed by atoms with Gasteiger partial charge >= 0.3 is 0 Å². The maximum absolute atomic E-state index is 13.3. The van der Waals surface area contributed by atoms with Gasteiger partial charge in [-0.15, -0.1) is 0 Å². The normalized spacial score (nSPS) is 17.4. The van der Waals surface area contributed by atoms with Crippen molar-refractivity contribution < 1.29 is 14.0 Å². The third-order valence-electron chi connectivity index (χ3n) is 4.99. The zero-order valence-corrected chi connectivity index (χ0v) is 18.1. The SMILES string of the molecule is O=C(Nc1ccccc1)[C@@H]1CC(=O)N(CCc2ccccc2)C(=Nc2ccc(F)cc2)S1. The highest BCUT2D eigenvalue weighted by Gasteiger charge is 2.35. The molecule has 162 valence electrons. The van der Waals surface area contributed by atoms with Gasteiger partial charge in [-0.2, -0.15) is 0 Å². The summed E-state index contributed by atoms with van der Waals surface area (Å²) in [6.07, 6.45) is 0.747. The monoisotopic (exact) mass is 447 g/mol. The highest BCUT2D eigenvalue weighted by atomic mass is 32.2. The summed E-state index contributed by atoms with van der Waals surface area (Å²) in [5.41, 5.74) is 2.31. The van der Waals surface area contributed by atoms with Crippen LogP contribution in [-0.2, 0) is 16.0 Å². The average Bonchev–Trinajstić information content (AvgIpc) is 2.81. The molecule has 0 spiro atoms. The van der Waals surface area contributed by atoms with Gasteiger partial charge in [-0.3, -0.25) is 14.5 Å². The first-order valence-electron chi connectivity index (χ1n) is 10.3. The van der Waals surface area contributed by atoms with Crippen LogP contribution in [0.1, 0.15) is 12.0 Å². The van der Waals surface area contributed by atoms with Crippen LogP contribution in [0.5, 0.6) is 0 Å². The number of nitrogens with zero attached hydrogens (tertiary/aromatic N) is 2. The third kappa shape index (κ3) is 5.62. The molecule has 1 aliphatic rings. The van der Waals surface area contributed by atoms with E-state index in [4.69, 9.17) is 0 Å². The lowest BCUT2D eigenvalue weighted by molar-refractivity contribution is -0.129. The number of carbonyl (C=O) groups excluding carboxylic acids is 2. The zero-order valence-electron chi connectivity index (χ0n) is 17.3. The van der Waals surface area contributed by atoms with Crippen LogP contribution in [0.25, 0.3) is 0 Å². The fourth-order valence-corrected chi connectivity index (χ4v) is 4.44. The van der Waals surface area contributed by atoms with Crippen molar-refractivity contribution in [1.82, 2.24) is 4.90 Å². The molecule has 0 bridgehead atoms. The second kappa shape index (κ2) is 10.2. The third-order valence-corrected chi connectivity index (χ3v) is 6.18. The van der Waals surface area contributed by atoms with Crippen LogP contribution in [0.15, 0.2) is 89.9 Å². The van der Waals surface area contributed by atoms with Crippen molar-refractivity contribution >= 4 is 40.1 Å². The highest BCUT2D eigenvalue weighted by molar-refractivity contribution is 8.15. The van der Waals surface area contributed by atoms with Gasteiger partial charge in [0.1, 0.15) is 11.1 Å². The van der Waals surface area contributed by atoms with Gasteiger partial charge in [0, 0.05) is 18.7 Å². The molecule has 0 aliphatic carbocycles. The van der Waals surface area contributed by atoms with Crippen molar-refractivity contribution in [2.24, 2.45) is 4.99 Å². The smallest absolute Gasteiger partial charge is 0.238 e. The van der Waals surface area contributed by atoms with Crippen molar-refractivity contribution in [3.8, 4) is 0 Å². The topological polar surface area (TPSA) is 61.8 Å². The van der Waals surface area contributed by atoms with Crippen LogP contribution >= 0.6 is 11.8 Å². The maximum Gasteiger partial charge on any atom is 0.238 e. The quantitative estimate of drug-likeness (QED) is 0.577. The van der Waals surface area contributed by atoms with E-state index in [1.165, 1.54) is 23.9 Å². The number of benzene rings is 3. The number of carbonyl (C=O) groups is 2. The summed E-state index contributed by atoms with van der Waals surface area (Å²) in [6.45, 7) is 0.447. The van der Waals surface area contributed by atoms with Gasteiger partial charge in [-0.1, -0.05) is 60.3 Å². The van der Waals surface area contributed by atoms with Gasteiger partial charge in [-0.05, 0) is 48.4 Å². The first-order valence-corrected chi connectivity index (χ1v) is 11.2. The number of hydrogen-bond acceptors (Lipinski definition) is 4. The average molecular weight is 448 g/mol. The Kier molecular flexibility index (Phi) is 6.97. The lowest BCUT2D eigenvalue weighted by Crippen LogP contribution is -2.46. The van der Waals surface area contributed by atoms with Gasteiger partial charge in [0.2, 0.25) is 11.8 Å². The van der Waals surface area contributed by atoms with Gasteiger partial charge < -0.3 is 5.32 Å². The lowest BCUT2D eigenvalue weighted by Gasteiger charge is -2.32. The second-order valence-electron chi connectivity index (χ2n) is 7.32. The van der Waals surface area contributed by atoms with E-state index in [0.29, 0.717) is 29.5 Å². The van der Waals surface area contributed by atoms with Crippen LogP contribution in [0.2, 0.25) is 0 Å². The highest BCUT2D eigenvalue weighted by Crippen LogP contribution is 2.30. The number of hydrogen-bond donors (Lipinski definition) is 1. The summed E-state index contributed by atoms with van der Waals surface area (Å²) < 4.78 is 13.3. The number of thioether (sulfide) groups is 1. The van der Waals surface area contributed by atoms with E-state index in [2.05, 4.69) is 10.3 Å². The molecule has 1 fully saturated rings. The number of amidine groups is 1. The molecule has 1 saturated heterocycles.